The van der Waals surface area contributed by atoms with Crippen molar-refractivity contribution in [1.82, 2.24) is 9.38 Å². The number of aryl methyl sites for hydroxylation is 1. The van der Waals surface area contributed by atoms with E-state index in [-0.39, 0.29) is 5.43 Å². The summed E-state index contributed by atoms with van der Waals surface area (Å²) >= 11 is 0. The number of hydrogen-bond acceptors (Lipinski definition) is 1. The lowest BCUT2D eigenvalue weighted by Gasteiger charge is -2.02. The molecule has 0 aromatic carbocycles. The van der Waals surface area contributed by atoms with Crippen LogP contribution in [0, 0.1) is 5.92 Å². The van der Waals surface area contributed by atoms with Crippen LogP contribution in [0.4, 0.5) is 0 Å². The first-order valence-corrected chi connectivity index (χ1v) is 7.01. The minimum absolute atomic E-state index is 0.166. The third kappa shape index (κ3) is 2.66. The van der Waals surface area contributed by atoms with Crippen molar-refractivity contribution in [2.45, 2.75) is 44.9 Å². The number of aromatic amines is 1. The van der Waals surface area contributed by atoms with Crippen LogP contribution >= 0.6 is 0 Å². The number of rotatable bonds is 6. The highest BCUT2D eigenvalue weighted by atomic mass is 16.1. The second-order valence-corrected chi connectivity index (χ2v) is 5.46. The van der Waals surface area contributed by atoms with Gasteiger partial charge < -0.3 is 9.38 Å². The summed E-state index contributed by atoms with van der Waals surface area (Å²) in [6, 6.07) is 1.69. The summed E-state index contributed by atoms with van der Waals surface area (Å²) in [5, 5.41) is 0. The van der Waals surface area contributed by atoms with E-state index < -0.39 is 0 Å². The molecule has 0 amide bonds. The van der Waals surface area contributed by atoms with Gasteiger partial charge in [-0.3, -0.25) is 4.79 Å². The molecule has 1 aliphatic rings. The Morgan fingerprint density at radius 3 is 3.00 bits per heavy atom. The van der Waals surface area contributed by atoms with Crippen molar-refractivity contribution in [3.63, 3.8) is 0 Å². The van der Waals surface area contributed by atoms with E-state index >= 15 is 0 Å². The van der Waals surface area contributed by atoms with Gasteiger partial charge in [0, 0.05) is 30.2 Å². The lowest BCUT2D eigenvalue weighted by Crippen LogP contribution is -2.09. The maximum atomic E-state index is 11.9. The van der Waals surface area contributed by atoms with Crippen LogP contribution in [0.15, 0.2) is 29.5 Å². The Labute approximate surface area is 107 Å². The molecule has 1 saturated carbocycles. The SMILES string of the molecule is O=c1cc2[nH]ccn2cc1CCCCCC1CC1. The fourth-order valence-corrected chi connectivity index (χ4v) is 2.55. The van der Waals surface area contributed by atoms with E-state index in [4.69, 9.17) is 0 Å². The topological polar surface area (TPSA) is 37.3 Å². The Hall–Kier alpha value is -1.51. The maximum Gasteiger partial charge on any atom is 0.186 e. The van der Waals surface area contributed by atoms with E-state index in [0.717, 1.165) is 30.0 Å². The van der Waals surface area contributed by atoms with E-state index in [9.17, 15) is 4.79 Å². The molecule has 0 saturated heterocycles. The van der Waals surface area contributed by atoms with Crippen molar-refractivity contribution in [1.29, 1.82) is 0 Å². The van der Waals surface area contributed by atoms with Gasteiger partial charge >= 0.3 is 0 Å². The van der Waals surface area contributed by atoms with E-state index in [2.05, 4.69) is 4.98 Å². The zero-order chi connectivity index (χ0) is 12.4. The molecule has 0 radical (unpaired) electrons. The van der Waals surface area contributed by atoms with Gasteiger partial charge in [-0.2, -0.15) is 0 Å². The lowest BCUT2D eigenvalue weighted by atomic mass is 10.1. The number of pyridine rings is 1. The molecular weight excluding hydrogens is 224 g/mol. The van der Waals surface area contributed by atoms with E-state index in [1.54, 1.807) is 6.07 Å². The van der Waals surface area contributed by atoms with Gasteiger partial charge in [-0.1, -0.05) is 32.1 Å². The monoisotopic (exact) mass is 244 g/mol. The molecule has 1 aliphatic carbocycles. The molecule has 3 heteroatoms. The molecule has 0 aliphatic heterocycles. The van der Waals surface area contributed by atoms with Crippen LogP contribution < -0.4 is 5.43 Å². The zero-order valence-electron chi connectivity index (χ0n) is 10.7. The first kappa shape index (κ1) is 11.6. The highest BCUT2D eigenvalue weighted by molar-refractivity contribution is 5.39. The van der Waals surface area contributed by atoms with Gasteiger partial charge in [0.2, 0.25) is 0 Å². The second-order valence-electron chi connectivity index (χ2n) is 5.46. The summed E-state index contributed by atoms with van der Waals surface area (Å²) in [6.07, 6.45) is 14.7. The number of aromatic nitrogens is 2. The fraction of sp³-hybridized carbons (Fsp3) is 0.533. The first-order valence-electron chi connectivity index (χ1n) is 7.01. The summed E-state index contributed by atoms with van der Waals surface area (Å²) < 4.78 is 1.99. The molecule has 0 unspecified atom stereocenters. The highest BCUT2D eigenvalue weighted by Crippen LogP contribution is 2.34. The Kier molecular flexibility index (Phi) is 3.22. The van der Waals surface area contributed by atoms with Crippen molar-refractivity contribution in [3.8, 4) is 0 Å². The molecule has 1 N–H and O–H groups in total. The van der Waals surface area contributed by atoms with Crippen LogP contribution in [0.3, 0.4) is 0 Å². The van der Waals surface area contributed by atoms with E-state index in [0.29, 0.717) is 0 Å². The molecule has 2 aromatic heterocycles. The third-order valence-electron chi connectivity index (χ3n) is 3.88. The number of unbranched alkanes of at least 4 members (excludes halogenated alkanes) is 2. The maximum absolute atomic E-state index is 11.9. The largest absolute Gasteiger partial charge is 0.346 e. The first-order chi connectivity index (χ1) is 8.83. The molecule has 2 aromatic rings. The van der Waals surface area contributed by atoms with Crippen molar-refractivity contribution >= 4 is 5.65 Å². The summed E-state index contributed by atoms with van der Waals surface area (Å²) in [4.78, 5) is 14.9. The minimum Gasteiger partial charge on any atom is -0.346 e. The van der Waals surface area contributed by atoms with Gasteiger partial charge in [0.1, 0.15) is 5.65 Å². The molecule has 0 spiro atoms. The standard InChI is InChI=1S/C15H20N2O/c18-14-10-15-16-8-9-17(15)11-13(14)5-3-1-2-4-12-6-7-12/h8-12,16H,1-7H2. The van der Waals surface area contributed by atoms with Crippen LogP contribution in [0.25, 0.3) is 5.65 Å². The van der Waals surface area contributed by atoms with E-state index in [1.165, 1.54) is 32.1 Å². The summed E-state index contributed by atoms with van der Waals surface area (Å²) in [6.45, 7) is 0. The predicted molar refractivity (Wildman–Crippen MR) is 72.9 cm³/mol. The second kappa shape index (κ2) is 5.01. The van der Waals surface area contributed by atoms with Gasteiger partial charge in [0.05, 0.1) is 0 Å². The van der Waals surface area contributed by atoms with Gasteiger partial charge in [0.15, 0.2) is 5.43 Å². The number of H-pyrrole nitrogens is 1. The van der Waals surface area contributed by atoms with Crippen LogP contribution in [-0.2, 0) is 6.42 Å². The molecule has 3 nitrogen and oxygen atoms in total. The molecule has 0 bridgehead atoms. The molecule has 1 fully saturated rings. The van der Waals surface area contributed by atoms with Crippen molar-refractivity contribution in [3.05, 3.63) is 40.4 Å². The highest BCUT2D eigenvalue weighted by Gasteiger charge is 2.19. The number of nitrogens with one attached hydrogen (secondary N) is 1. The smallest absolute Gasteiger partial charge is 0.186 e. The average Bonchev–Trinajstić information content (AvgIpc) is 3.07. The van der Waals surface area contributed by atoms with Gasteiger partial charge in [-0.05, 0) is 18.8 Å². The molecule has 0 atom stereocenters. The third-order valence-corrected chi connectivity index (χ3v) is 3.88. The Bertz CT molecular complexity index is 577. The minimum atomic E-state index is 0.166. The van der Waals surface area contributed by atoms with Crippen molar-refractivity contribution in [2.75, 3.05) is 0 Å². The Morgan fingerprint density at radius 2 is 2.17 bits per heavy atom. The summed E-state index contributed by atoms with van der Waals surface area (Å²) in [5.74, 6) is 1.03. The zero-order valence-corrected chi connectivity index (χ0v) is 10.7. The molecule has 2 heterocycles. The van der Waals surface area contributed by atoms with Crippen LogP contribution in [0.1, 0.15) is 44.1 Å². The summed E-state index contributed by atoms with van der Waals surface area (Å²) in [7, 11) is 0. The fourth-order valence-electron chi connectivity index (χ4n) is 2.55. The van der Waals surface area contributed by atoms with Gasteiger partial charge in [0.25, 0.3) is 0 Å². The number of imidazole rings is 1. The van der Waals surface area contributed by atoms with Gasteiger partial charge in [-0.25, -0.2) is 0 Å². The molecular formula is C15H20N2O. The molecule has 3 rings (SSSR count). The van der Waals surface area contributed by atoms with Crippen LogP contribution in [-0.4, -0.2) is 9.38 Å². The van der Waals surface area contributed by atoms with Gasteiger partial charge in [-0.15, -0.1) is 0 Å². The van der Waals surface area contributed by atoms with Crippen LogP contribution in [0.5, 0.6) is 0 Å². The Balaban J connectivity index is 1.55. The average molecular weight is 244 g/mol. The van der Waals surface area contributed by atoms with Crippen LogP contribution in [0.2, 0.25) is 0 Å². The number of nitrogens with zero attached hydrogens (tertiary/aromatic N) is 1. The summed E-state index contributed by atoms with van der Waals surface area (Å²) in [5.41, 5.74) is 1.98. The predicted octanol–water partition coefficient (Wildman–Crippen LogP) is 3.14. The lowest BCUT2D eigenvalue weighted by molar-refractivity contribution is 0.602. The molecule has 96 valence electrons. The number of hydrogen-bond donors (Lipinski definition) is 1. The molecule has 18 heavy (non-hydrogen) atoms. The van der Waals surface area contributed by atoms with E-state index in [1.807, 2.05) is 23.0 Å². The Morgan fingerprint density at radius 1 is 1.28 bits per heavy atom. The van der Waals surface area contributed by atoms with Crippen molar-refractivity contribution < 1.29 is 0 Å². The normalized spacial score (nSPS) is 15.3. The quantitative estimate of drug-likeness (QED) is 0.779. The van der Waals surface area contributed by atoms with Crippen molar-refractivity contribution in [2.24, 2.45) is 5.92 Å². The number of fused-ring (bicyclic) bond motifs is 1.